The van der Waals surface area contributed by atoms with Crippen molar-refractivity contribution in [1.29, 1.82) is 0 Å². The SMILES string of the molecule is COc1cccc(Cn2cccc2CN(C(=O)c2ccc(C)c([N+](=O)[O-])c2)C2CCCCC2)c1. The summed E-state index contributed by atoms with van der Waals surface area (Å²) < 4.78 is 7.50. The van der Waals surface area contributed by atoms with Crippen LogP contribution in [0, 0.1) is 17.0 Å². The maximum atomic E-state index is 13.7. The van der Waals surface area contributed by atoms with Gasteiger partial charge in [0.25, 0.3) is 11.6 Å². The molecule has 1 aromatic heterocycles. The van der Waals surface area contributed by atoms with E-state index in [-0.39, 0.29) is 17.6 Å². The molecule has 0 spiro atoms. The normalized spacial score (nSPS) is 14.1. The number of rotatable bonds is 8. The number of hydrogen-bond acceptors (Lipinski definition) is 4. The Kier molecular flexibility index (Phi) is 7.30. The summed E-state index contributed by atoms with van der Waals surface area (Å²) in [6.07, 6.45) is 7.29. The second kappa shape index (κ2) is 10.5. The van der Waals surface area contributed by atoms with Crippen LogP contribution >= 0.6 is 0 Å². The number of nitro groups is 1. The summed E-state index contributed by atoms with van der Waals surface area (Å²) in [5.41, 5.74) is 3.05. The van der Waals surface area contributed by atoms with E-state index in [0.29, 0.717) is 24.2 Å². The van der Waals surface area contributed by atoms with Crippen LogP contribution in [-0.2, 0) is 13.1 Å². The lowest BCUT2D eigenvalue weighted by atomic mass is 9.93. The van der Waals surface area contributed by atoms with Gasteiger partial charge in [-0.25, -0.2) is 0 Å². The van der Waals surface area contributed by atoms with Gasteiger partial charge in [-0.05, 0) is 55.7 Å². The molecule has 0 atom stereocenters. The van der Waals surface area contributed by atoms with E-state index in [1.165, 1.54) is 12.5 Å². The van der Waals surface area contributed by atoms with Gasteiger partial charge in [0.1, 0.15) is 5.75 Å². The molecule has 0 radical (unpaired) electrons. The average Bonchev–Trinajstić information content (AvgIpc) is 3.29. The molecule has 7 nitrogen and oxygen atoms in total. The Morgan fingerprint density at radius 1 is 1.12 bits per heavy atom. The Morgan fingerprint density at radius 3 is 2.65 bits per heavy atom. The Balaban J connectivity index is 1.62. The molecule has 1 aliphatic rings. The molecule has 1 aliphatic carbocycles. The highest BCUT2D eigenvalue weighted by Gasteiger charge is 2.28. The lowest BCUT2D eigenvalue weighted by Crippen LogP contribution is -2.41. The first-order chi connectivity index (χ1) is 16.5. The van der Waals surface area contributed by atoms with Crippen molar-refractivity contribution in [2.45, 2.75) is 58.2 Å². The molecule has 3 aromatic rings. The van der Waals surface area contributed by atoms with Crippen LogP contribution in [0.1, 0.15) is 59.3 Å². The smallest absolute Gasteiger partial charge is 0.273 e. The fourth-order valence-electron chi connectivity index (χ4n) is 4.75. The van der Waals surface area contributed by atoms with E-state index in [0.717, 1.165) is 42.7 Å². The summed E-state index contributed by atoms with van der Waals surface area (Å²) in [4.78, 5) is 26.6. The third-order valence-electron chi connectivity index (χ3n) is 6.67. The maximum Gasteiger partial charge on any atom is 0.273 e. The lowest BCUT2D eigenvalue weighted by Gasteiger charge is -2.35. The van der Waals surface area contributed by atoms with E-state index < -0.39 is 4.92 Å². The number of amides is 1. The fraction of sp³-hybridized carbons (Fsp3) is 0.370. The van der Waals surface area contributed by atoms with E-state index >= 15 is 0 Å². The number of ether oxygens (including phenoxy) is 1. The standard InChI is InChI=1S/C27H31N3O4/c1-20-13-14-22(17-26(20)30(32)33)27(31)29(23-9-4-3-5-10-23)19-24-11-7-15-28(24)18-21-8-6-12-25(16-21)34-2/h6-8,11-17,23H,3-5,9-10,18-19H2,1-2H3. The maximum absolute atomic E-state index is 13.7. The molecule has 7 heteroatoms. The van der Waals surface area contributed by atoms with Gasteiger partial charge in [-0.1, -0.05) is 37.5 Å². The van der Waals surface area contributed by atoms with Crippen molar-refractivity contribution in [1.82, 2.24) is 9.47 Å². The second-order valence-corrected chi connectivity index (χ2v) is 8.96. The molecule has 1 amide bonds. The minimum absolute atomic E-state index is 0.0177. The molecule has 1 heterocycles. The van der Waals surface area contributed by atoms with Crippen molar-refractivity contribution in [2.75, 3.05) is 7.11 Å². The van der Waals surface area contributed by atoms with Crippen LogP contribution in [-0.4, -0.2) is 33.4 Å². The van der Waals surface area contributed by atoms with Gasteiger partial charge in [0.2, 0.25) is 0 Å². The Labute approximate surface area is 200 Å². The molecule has 0 N–H and O–H groups in total. The first-order valence-electron chi connectivity index (χ1n) is 11.8. The van der Waals surface area contributed by atoms with Gasteiger partial charge in [0, 0.05) is 41.7 Å². The van der Waals surface area contributed by atoms with Crippen molar-refractivity contribution in [3.8, 4) is 5.75 Å². The zero-order valence-electron chi connectivity index (χ0n) is 19.8. The number of nitro benzene ring substituents is 1. The zero-order chi connectivity index (χ0) is 24.1. The van der Waals surface area contributed by atoms with Gasteiger partial charge in [-0.15, -0.1) is 0 Å². The van der Waals surface area contributed by atoms with Gasteiger partial charge < -0.3 is 14.2 Å². The summed E-state index contributed by atoms with van der Waals surface area (Å²) in [5, 5.41) is 11.5. The Hall–Kier alpha value is -3.61. The van der Waals surface area contributed by atoms with E-state index in [1.807, 2.05) is 41.4 Å². The van der Waals surface area contributed by atoms with Crippen molar-refractivity contribution in [3.63, 3.8) is 0 Å². The van der Waals surface area contributed by atoms with Crippen LogP contribution in [0.5, 0.6) is 5.75 Å². The fourth-order valence-corrected chi connectivity index (χ4v) is 4.75. The van der Waals surface area contributed by atoms with E-state index in [4.69, 9.17) is 4.74 Å². The third-order valence-corrected chi connectivity index (χ3v) is 6.67. The number of hydrogen-bond donors (Lipinski definition) is 0. The summed E-state index contributed by atoms with van der Waals surface area (Å²) in [5.74, 6) is 0.662. The monoisotopic (exact) mass is 461 g/mol. The third kappa shape index (κ3) is 5.30. The van der Waals surface area contributed by atoms with Crippen molar-refractivity contribution < 1.29 is 14.5 Å². The van der Waals surface area contributed by atoms with E-state index in [2.05, 4.69) is 10.6 Å². The first kappa shape index (κ1) is 23.5. The molecular formula is C27H31N3O4. The topological polar surface area (TPSA) is 77.6 Å². The summed E-state index contributed by atoms with van der Waals surface area (Å²) in [7, 11) is 1.66. The van der Waals surface area contributed by atoms with Crippen molar-refractivity contribution >= 4 is 11.6 Å². The minimum Gasteiger partial charge on any atom is -0.497 e. The quantitative estimate of drug-likeness (QED) is 0.317. The zero-order valence-corrected chi connectivity index (χ0v) is 19.8. The molecule has 0 aliphatic heterocycles. The molecule has 1 saturated carbocycles. The number of benzene rings is 2. The lowest BCUT2D eigenvalue weighted by molar-refractivity contribution is -0.385. The number of aromatic nitrogens is 1. The predicted octanol–water partition coefficient (Wildman–Crippen LogP) is 5.74. The van der Waals surface area contributed by atoms with Crippen molar-refractivity contribution in [2.24, 2.45) is 0 Å². The predicted molar refractivity (Wildman–Crippen MR) is 131 cm³/mol. The average molecular weight is 462 g/mol. The molecule has 1 fully saturated rings. The van der Waals surface area contributed by atoms with Crippen LogP contribution in [0.3, 0.4) is 0 Å². The molecule has 0 bridgehead atoms. The molecule has 2 aromatic carbocycles. The molecule has 4 rings (SSSR count). The summed E-state index contributed by atoms with van der Waals surface area (Å²) in [6, 6.07) is 16.9. The van der Waals surface area contributed by atoms with Crippen LogP contribution < -0.4 is 4.74 Å². The van der Waals surface area contributed by atoms with Crippen LogP contribution in [0.15, 0.2) is 60.8 Å². The van der Waals surface area contributed by atoms with Gasteiger partial charge in [-0.3, -0.25) is 14.9 Å². The highest BCUT2D eigenvalue weighted by Crippen LogP contribution is 2.28. The molecule has 0 saturated heterocycles. The summed E-state index contributed by atoms with van der Waals surface area (Å²) in [6.45, 7) is 2.82. The Morgan fingerprint density at radius 2 is 1.91 bits per heavy atom. The summed E-state index contributed by atoms with van der Waals surface area (Å²) >= 11 is 0. The number of aryl methyl sites for hydroxylation is 1. The molecule has 34 heavy (non-hydrogen) atoms. The second-order valence-electron chi connectivity index (χ2n) is 8.96. The molecule has 178 valence electrons. The van der Waals surface area contributed by atoms with Crippen LogP contribution in [0.25, 0.3) is 0 Å². The van der Waals surface area contributed by atoms with Gasteiger partial charge in [-0.2, -0.15) is 0 Å². The minimum atomic E-state index is -0.420. The number of nitrogens with zero attached hydrogens (tertiary/aromatic N) is 3. The van der Waals surface area contributed by atoms with Crippen molar-refractivity contribution in [3.05, 3.63) is 93.3 Å². The molecular weight excluding hydrogens is 430 g/mol. The van der Waals surface area contributed by atoms with Gasteiger partial charge in [0.05, 0.1) is 18.6 Å². The highest BCUT2D eigenvalue weighted by atomic mass is 16.6. The Bertz CT molecular complexity index is 1160. The van der Waals surface area contributed by atoms with E-state index in [1.54, 1.807) is 26.2 Å². The van der Waals surface area contributed by atoms with Gasteiger partial charge >= 0.3 is 0 Å². The first-order valence-corrected chi connectivity index (χ1v) is 11.8. The number of carbonyl (C=O) groups is 1. The highest BCUT2D eigenvalue weighted by molar-refractivity contribution is 5.95. The van der Waals surface area contributed by atoms with Gasteiger partial charge in [0.15, 0.2) is 0 Å². The number of methoxy groups -OCH3 is 1. The van der Waals surface area contributed by atoms with E-state index in [9.17, 15) is 14.9 Å². The van der Waals surface area contributed by atoms with Crippen LogP contribution in [0.4, 0.5) is 5.69 Å². The number of carbonyl (C=O) groups excluding carboxylic acids is 1. The largest absolute Gasteiger partial charge is 0.497 e. The molecule has 0 unspecified atom stereocenters. The van der Waals surface area contributed by atoms with Crippen LogP contribution in [0.2, 0.25) is 0 Å².